The summed E-state index contributed by atoms with van der Waals surface area (Å²) in [4.78, 5) is 37.4. The molecule has 0 radical (unpaired) electrons. The van der Waals surface area contributed by atoms with Gasteiger partial charge in [0.2, 0.25) is 5.91 Å². The highest BCUT2D eigenvalue weighted by atomic mass is 16.5. The molecular formula is C25H26N4O5. The van der Waals surface area contributed by atoms with Crippen LogP contribution in [0.15, 0.2) is 48.5 Å². The molecular weight excluding hydrogens is 436 g/mol. The van der Waals surface area contributed by atoms with Gasteiger partial charge in [-0.15, -0.1) is 0 Å². The number of aliphatic hydroxyl groups excluding tert-OH is 1. The fraction of sp³-hybridized carbons (Fsp3) is 0.240. The second-order valence-electron chi connectivity index (χ2n) is 7.61. The van der Waals surface area contributed by atoms with Crippen LogP contribution in [0.3, 0.4) is 0 Å². The van der Waals surface area contributed by atoms with Crippen LogP contribution < -0.4 is 16.1 Å². The maximum absolute atomic E-state index is 12.3. The van der Waals surface area contributed by atoms with Crippen LogP contribution in [0, 0.1) is 23.7 Å². The Bertz CT molecular complexity index is 1130. The second kappa shape index (κ2) is 12.8. The van der Waals surface area contributed by atoms with Gasteiger partial charge in [0, 0.05) is 22.4 Å². The molecule has 0 saturated carbocycles. The Hall–Kier alpha value is -4.15. The van der Waals surface area contributed by atoms with Crippen molar-refractivity contribution in [3.63, 3.8) is 0 Å². The zero-order chi connectivity index (χ0) is 25.1. The summed E-state index contributed by atoms with van der Waals surface area (Å²) in [6.45, 7) is 1.62. The fourth-order valence-corrected chi connectivity index (χ4v) is 2.74. The predicted molar refractivity (Wildman–Crippen MR) is 127 cm³/mol. The van der Waals surface area contributed by atoms with E-state index >= 15 is 0 Å². The van der Waals surface area contributed by atoms with Crippen molar-refractivity contribution in [1.29, 1.82) is 0 Å². The molecule has 34 heavy (non-hydrogen) atoms. The summed E-state index contributed by atoms with van der Waals surface area (Å²) in [5.74, 6) is 9.66. The molecule has 0 spiro atoms. The SMILES string of the molecule is C[C@@H](O)C(NC(=O)c1ccc(C#CC#Cc2ccc(NC(=O)CN(C)C)cc2)cc1)C(=O)NO. The lowest BCUT2D eigenvalue weighted by molar-refractivity contribution is -0.133. The van der Waals surface area contributed by atoms with E-state index < -0.39 is 24.0 Å². The van der Waals surface area contributed by atoms with Crippen LogP contribution in [0.1, 0.15) is 28.4 Å². The summed E-state index contributed by atoms with van der Waals surface area (Å²) in [5, 5.41) is 23.5. The number of hydrogen-bond acceptors (Lipinski definition) is 6. The van der Waals surface area contributed by atoms with Crippen molar-refractivity contribution < 1.29 is 24.7 Å². The van der Waals surface area contributed by atoms with E-state index in [1.165, 1.54) is 24.5 Å². The van der Waals surface area contributed by atoms with Crippen molar-refractivity contribution in [2.75, 3.05) is 26.0 Å². The third-order valence-electron chi connectivity index (χ3n) is 4.41. The van der Waals surface area contributed by atoms with Crippen molar-refractivity contribution >= 4 is 23.4 Å². The fourth-order valence-electron chi connectivity index (χ4n) is 2.74. The second-order valence-corrected chi connectivity index (χ2v) is 7.61. The molecule has 0 fully saturated rings. The number of hydroxylamine groups is 1. The Labute approximate surface area is 198 Å². The number of aliphatic hydroxyl groups is 1. The first kappa shape index (κ1) is 26.1. The van der Waals surface area contributed by atoms with Crippen LogP contribution in [-0.2, 0) is 9.59 Å². The molecule has 0 aliphatic rings. The Balaban J connectivity index is 1.96. The molecule has 2 aromatic rings. The molecule has 0 bridgehead atoms. The summed E-state index contributed by atoms with van der Waals surface area (Å²) >= 11 is 0. The first-order valence-corrected chi connectivity index (χ1v) is 10.3. The van der Waals surface area contributed by atoms with E-state index in [4.69, 9.17) is 5.21 Å². The van der Waals surface area contributed by atoms with Crippen LogP contribution in [0.4, 0.5) is 5.69 Å². The number of nitrogens with one attached hydrogen (secondary N) is 3. The number of rotatable bonds is 7. The minimum Gasteiger partial charge on any atom is -0.391 e. The molecule has 3 amide bonds. The molecule has 176 valence electrons. The van der Waals surface area contributed by atoms with Gasteiger partial charge in [-0.1, -0.05) is 11.8 Å². The van der Waals surface area contributed by atoms with E-state index in [9.17, 15) is 19.5 Å². The van der Waals surface area contributed by atoms with Crippen molar-refractivity contribution in [1.82, 2.24) is 15.7 Å². The Morgan fingerprint density at radius 3 is 1.94 bits per heavy atom. The quantitative estimate of drug-likeness (QED) is 0.232. The van der Waals surface area contributed by atoms with Gasteiger partial charge in [-0.2, -0.15) is 0 Å². The maximum atomic E-state index is 12.3. The molecule has 1 unspecified atom stereocenters. The molecule has 0 aliphatic carbocycles. The van der Waals surface area contributed by atoms with Gasteiger partial charge < -0.3 is 20.6 Å². The number of benzene rings is 2. The highest BCUT2D eigenvalue weighted by molar-refractivity contribution is 5.97. The van der Waals surface area contributed by atoms with Gasteiger partial charge in [-0.3, -0.25) is 19.6 Å². The van der Waals surface area contributed by atoms with Gasteiger partial charge in [-0.25, -0.2) is 5.48 Å². The molecule has 2 atom stereocenters. The summed E-state index contributed by atoms with van der Waals surface area (Å²) in [5.41, 5.74) is 3.72. The molecule has 0 saturated heterocycles. The number of anilines is 1. The van der Waals surface area contributed by atoms with Crippen molar-refractivity contribution in [3.8, 4) is 23.7 Å². The summed E-state index contributed by atoms with van der Waals surface area (Å²) in [6.07, 6.45) is -1.20. The molecule has 2 aromatic carbocycles. The topological polar surface area (TPSA) is 131 Å². The minimum atomic E-state index is -1.30. The summed E-state index contributed by atoms with van der Waals surface area (Å²) in [6, 6.07) is 12.1. The number of nitrogens with zero attached hydrogens (tertiary/aromatic N) is 1. The van der Waals surface area contributed by atoms with Crippen molar-refractivity contribution in [2.24, 2.45) is 0 Å². The Kier molecular flexibility index (Phi) is 9.81. The van der Waals surface area contributed by atoms with Gasteiger partial charge in [0.1, 0.15) is 6.04 Å². The highest BCUT2D eigenvalue weighted by Gasteiger charge is 2.25. The van der Waals surface area contributed by atoms with E-state index in [-0.39, 0.29) is 11.5 Å². The predicted octanol–water partition coefficient (Wildman–Crippen LogP) is 0.574. The van der Waals surface area contributed by atoms with Crippen LogP contribution in [0.2, 0.25) is 0 Å². The largest absolute Gasteiger partial charge is 0.391 e. The summed E-state index contributed by atoms with van der Waals surface area (Å²) in [7, 11) is 3.64. The van der Waals surface area contributed by atoms with Gasteiger partial charge in [0.05, 0.1) is 12.6 Å². The maximum Gasteiger partial charge on any atom is 0.268 e. The standard InChI is InChI=1S/C25H26N4O5/c1-17(30)23(25(33)28-34)27-24(32)20-12-8-18(9-13-20)6-4-5-7-19-10-14-21(15-11-19)26-22(31)16-29(2)3/h8-15,17,23,30,34H,16H2,1-3H3,(H,26,31)(H,27,32)(H,28,33)/t17-,23?/m1/s1. The number of hydrogen-bond donors (Lipinski definition) is 5. The van der Waals surface area contributed by atoms with E-state index in [2.05, 4.69) is 34.3 Å². The van der Waals surface area contributed by atoms with Gasteiger partial charge in [-0.05, 0) is 81.4 Å². The number of likely N-dealkylation sites (N-methyl/N-ethyl adjacent to an activating group) is 1. The smallest absolute Gasteiger partial charge is 0.268 e. The average molecular weight is 463 g/mol. The zero-order valence-corrected chi connectivity index (χ0v) is 19.0. The average Bonchev–Trinajstić information content (AvgIpc) is 2.80. The first-order chi connectivity index (χ1) is 16.2. The Morgan fingerprint density at radius 1 is 0.941 bits per heavy atom. The van der Waals surface area contributed by atoms with Crippen LogP contribution in [0.5, 0.6) is 0 Å². The molecule has 5 N–H and O–H groups in total. The molecule has 0 aromatic heterocycles. The van der Waals surface area contributed by atoms with Gasteiger partial charge in [0.25, 0.3) is 11.8 Å². The van der Waals surface area contributed by atoms with Crippen molar-refractivity contribution in [2.45, 2.75) is 19.1 Å². The van der Waals surface area contributed by atoms with Crippen molar-refractivity contribution in [3.05, 3.63) is 65.2 Å². The first-order valence-electron chi connectivity index (χ1n) is 10.3. The highest BCUT2D eigenvalue weighted by Crippen LogP contribution is 2.09. The lowest BCUT2D eigenvalue weighted by Crippen LogP contribution is -2.51. The number of carbonyl (C=O) groups excluding carboxylic acids is 3. The Morgan fingerprint density at radius 2 is 1.47 bits per heavy atom. The minimum absolute atomic E-state index is 0.100. The van der Waals surface area contributed by atoms with E-state index in [1.54, 1.807) is 41.3 Å². The van der Waals surface area contributed by atoms with Crippen LogP contribution in [0.25, 0.3) is 0 Å². The van der Waals surface area contributed by atoms with E-state index in [0.29, 0.717) is 17.8 Å². The third-order valence-corrected chi connectivity index (χ3v) is 4.41. The molecule has 9 heteroatoms. The zero-order valence-electron chi connectivity index (χ0n) is 19.0. The molecule has 0 heterocycles. The molecule has 0 aliphatic heterocycles. The molecule has 9 nitrogen and oxygen atoms in total. The third kappa shape index (κ3) is 8.41. The van der Waals surface area contributed by atoms with E-state index in [0.717, 1.165) is 5.56 Å². The normalized spacial score (nSPS) is 11.7. The van der Waals surface area contributed by atoms with Gasteiger partial charge in [0.15, 0.2) is 0 Å². The summed E-state index contributed by atoms with van der Waals surface area (Å²) < 4.78 is 0. The lowest BCUT2D eigenvalue weighted by Gasteiger charge is -2.19. The monoisotopic (exact) mass is 462 g/mol. The number of carbonyl (C=O) groups is 3. The van der Waals surface area contributed by atoms with Crippen LogP contribution in [-0.4, -0.2) is 65.7 Å². The van der Waals surface area contributed by atoms with Gasteiger partial charge >= 0.3 is 0 Å². The van der Waals surface area contributed by atoms with Crippen LogP contribution >= 0.6 is 0 Å². The lowest BCUT2D eigenvalue weighted by atomic mass is 10.1. The molecule has 2 rings (SSSR count). The van der Waals surface area contributed by atoms with E-state index in [1.807, 2.05) is 14.1 Å². The number of amides is 3.